The molecular weight excluding hydrogens is 280 g/mol. The van der Waals surface area contributed by atoms with E-state index in [1.54, 1.807) is 19.9 Å². The summed E-state index contributed by atoms with van der Waals surface area (Å²) in [5.74, 6) is -0.266. The first-order valence-corrected chi connectivity index (χ1v) is 7.29. The van der Waals surface area contributed by atoms with Crippen LogP contribution in [0.15, 0.2) is 23.2 Å². The third-order valence-corrected chi connectivity index (χ3v) is 4.09. The first-order valence-electron chi connectivity index (χ1n) is 5.81. The van der Waals surface area contributed by atoms with Crippen molar-refractivity contribution in [3.05, 3.63) is 24.0 Å². The molecule has 0 aliphatic rings. The number of hydrogen-bond acceptors (Lipinski definition) is 5. The highest BCUT2D eigenvalue weighted by molar-refractivity contribution is 7.89. The number of sulfonamides is 1. The molecule has 1 aromatic rings. The van der Waals surface area contributed by atoms with Gasteiger partial charge in [-0.05, 0) is 26.0 Å². The SMILES string of the molecule is CNC(=O)C(C)(C)CNS(=O)(=O)c1ccc(C#N)nc1. The van der Waals surface area contributed by atoms with Gasteiger partial charge in [0.2, 0.25) is 15.9 Å². The average molecular weight is 296 g/mol. The Morgan fingerprint density at radius 2 is 2.10 bits per heavy atom. The van der Waals surface area contributed by atoms with Crippen LogP contribution in [0.2, 0.25) is 0 Å². The molecule has 0 aliphatic carbocycles. The largest absolute Gasteiger partial charge is 0.359 e. The zero-order chi connectivity index (χ0) is 15.4. The van der Waals surface area contributed by atoms with Gasteiger partial charge in [-0.3, -0.25) is 4.79 Å². The van der Waals surface area contributed by atoms with Crippen LogP contribution in [0.3, 0.4) is 0 Å². The maximum atomic E-state index is 12.0. The maximum Gasteiger partial charge on any atom is 0.242 e. The summed E-state index contributed by atoms with van der Waals surface area (Å²) >= 11 is 0. The van der Waals surface area contributed by atoms with Gasteiger partial charge in [0.05, 0.1) is 5.41 Å². The lowest BCUT2D eigenvalue weighted by Crippen LogP contribution is -2.43. The van der Waals surface area contributed by atoms with Crippen LogP contribution in [-0.4, -0.2) is 32.9 Å². The monoisotopic (exact) mass is 296 g/mol. The van der Waals surface area contributed by atoms with Crippen molar-refractivity contribution >= 4 is 15.9 Å². The Labute approximate surface area is 118 Å². The van der Waals surface area contributed by atoms with E-state index >= 15 is 0 Å². The third-order valence-electron chi connectivity index (χ3n) is 2.71. The lowest BCUT2D eigenvalue weighted by molar-refractivity contribution is -0.128. The Bertz CT molecular complexity index is 630. The summed E-state index contributed by atoms with van der Waals surface area (Å²) in [4.78, 5) is 15.2. The quantitative estimate of drug-likeness (QED) is 0.794. The zero-order valence-electron chi connectivity index (χ0n) is 11.5. The lowest BCUT2D eigenvalue weighted by atomic mass is 9.93. The Morgan fingerprint density at radius 1 is 1.45 bits per heavy atom. The molecule has 0 radical (unpaired) electrons. The number of nitrogens with zero attached hydrogens (tertiary/aromatic N) is 2. The number of nitriles is 1. The number of nitrogens with one attached hydrogen (secondary N) is 2. The molecule has 0 fully saturated rings. The van der Waals surface area contributed by atoms with Crippen molar-refractivity contribution in [3.63, 3.8) is 0 Å². The van der Waals surface area contributed by atoms with Gasteiger partial charge < -0.3 is 5.32 Å². The number of pyridine rings is 1. The number of carbonyl (C=O) groups excluding carboxylic acids is 1. The molecule has 0 aromatic carbocycles. The minimum Gasteiger partial charge on any atom is -0.359 e. The molecule has 0 saturated carbocycles. The summed E-state index contributed by atoms with van der Waals surface area (Å²) in [5, 5.41) is 11.1. The average Bonchev–Trinajstić information content (AvgIpc) is 2.44. The Morgan fingerprint density at radius 3 is 2.55 bits per heavy atom. The number of carbonyl (C=O) groups is 1. The fourth-order valence-electron chi connectivity index (χ4n) is 1.38. The van der Waals surface area contributed by atoms with E-state index in [4.69, 9.17) is 5.26 Å². The van der Waals surface area contributed by atoms with Crippen LogP contribution in [0.25, 0.3) is 0 Å². The van der Waals surface area contributed by atoms with Gasteiger partial charge in [-0.15, -0.1) is 0 Å². The minimum atomic E-state index is -3.76. The highest BCUT2D eigenvalue weighted by atomic mass is 32.2. The van der Waals surface area contributed by atoms with Gasteiger partial charge in [0, 0.05) is 19.8 Å². The van der Waals surface area contributed by atoms with Crippen molar-refractivity contribution in [3.8, 4) is 6.07 Å². The van der Waals surface area contributed by atoms with Crippen LogP contribution in [0, 0.1) is 16.7 Å². The molecule has 0 atom stereocenters. The second kappa shape index (κ2) is 5.98. The Hall–Kier alpha value is -1.98. The summed E-state index contributed by atoms with van der Waals surface area (Å²) in [6.45, 7) is 3.21. The summed E-state index contributed by atoms with van der Waals surface area (Å²) in [6, 6.07) is 4.42. The summed E-state index contributed by atoms with van der Waals surface area (Å²) in [7, 11) is -2.27. The first-order chi connectivity index (χ1) is 9.23. The van der Waals surface area contributed by atoms with E-state index in [1.165, 1.54) is 19.2 Å². The molecule has 1 rings (SSSR count). The van der Waals surface area contributed by atoms with Crippen LogP contribution in [0.4, 0.5) is 0 Å². The van der Waals surface area contributed by atoms with E-state index < -0.39 is 15.4 Å². The van der Waals surface area contributed by atoms with Crippen molar-refractivity contribution in [2.75, 3.05) is 13.6 Å². The second-order valence-corrected chi connectivity index (χ2v) is 6.55. The maximum absolute atomic E-state index is 12.0. The fourth-order valence-corrected chi connectivity index (χ4v) is 2.54. The van der Waals surface area contributed by atoms with Crippen LogP contribution >= 0.6 is 0 Å². The predicted octanol–water partition coefficient (Wildman–Crippen LogP) is 0.00378. The smallest absolute Gasteiger partial charge is 0.242 e. The van der Waals surface area contributed by atoms with Crippen LogP contribution in [0.1, 0.15) is 19.5 Å². The summed E-state index contributed by atoms with van der Waals surface area (Å²) in [6.07, 6.45) is 1.10. The standard InChI is InChI=1S/C12H16N4O3S/c1-12(2,11(17)14-3)8-16-20(18,19)10-5-4-9(6-13)15-7-10/h4-5,7,16H,8H2,1-3H3,(H,14,17). The number of aromatic nitrogens is 1. The Kier molecular flexibility index (Phi) is 4.81. The molecule has 0 aliphatic heterocycles. The number of rotatable bonds is 5. The second-order valence-electron chi connectivity index (χ2n) is 4.78. The highest BCUT2D eigenvalue weighted by Gasteiger charge is 2.28. The molecule has 2 N–H and O–H groups in total. The van der Waals surface area contributed by atoms with Gasteiger partial charge in [-0.1, -0.05) is 0 Å². The van der Waals surface area contributed by atoms with Crippen molar-refractivity contribution in [2.45, 2.75) is 18.7 Å². The molecule has 1 heterocycles. The number of hydrogen-bond donors (Lipinski definition) is 2. The van der Waals surface area contributed by atoms with E-state index in [2.05, 4.69) is 15.0 Å². The van der Waals surface area contributed by atoms with Gasteiger partial charge in [0.15, 0.2) is 0 Å². The molecule has 0 spiro atoms. The summed E-state index contributed by atoms with van der Waals surface area (Å²) in [5.41, 5.74) is -0.739. The zero-order valence-corrected chi connectivity index (χ0v) is 12.3. The van der Waals surface area contributed by atoms with Gasteiger partial charge in [-0.2, -0.15) is 5.26 Å². The molecule has 8 heteroatoms. The van der Waals surface area contributed by atoms with Gasteiger partial charge in [0.1, 0.15) is 16.7 Å². The highest BCUT2D eigenvalue weighted by Crippen LogP contribution is 2.15. The van der Waals surface area contributed by atoms with Crippen molar-refractivity contribution in [1.82, 2.24) is 15.0 Å². The van der Waals surface area contributed by atoms with Crippen LogP contribution in [-0.2, 0) is 14.8 Å². The molecule has 0 saturated heterocycles. The van der Waals surface area contributed by atoms with Gasteiger partial charge in [-0.25, -0.2) is 18.1 Å². The first kappa shape index (κ1) is 16.1. The topological polar surface area (TPSA) is 112 Å². The minimum absolute atomic E-state index is 0.0466. The van der Waals surface area contributed by atoms with Crippen molar-refractivity contribution in [2.24, 2.45) is 5.41 Å². The van der Waals surface area contributed by atoms with E-state index in [9.17, 15) is 13.2 Å². The number of amides is 1. The van der Waals surface area contributed by atoms with Crippen LogP contribution in [0.5, 0.6) is 0 Å². The van der Waals surface area contributed by atoms with Crippen molar-refractivity contribution < 1.29 is 13.2 Å². The normalized spacial score (nSPS) is 11.7. The molecule has 7 nitrogen and oxygen atoms in total. The lowest BCUT2D eigenvalue weighted by Gasteiger charge is -2.22. The summed E-state index contributed by atoms with van der Waals surface area (Å²) < 4.78 is 26.4. The van der Waals surface area contributed by atoms with E-state index in [1.807, 2.05) is 0 Å². The van der Waals surface area contributed by atoms with Crippen LogP contribution < -0.4 is 10.0 Å². The van der Waals surface area contributed by atoms with E-state index in [0.29, 0.717) is 0 Å². The van der Waals surface area contributed by atoms with Gasteiger partial charge >= 0.3 is 0 Å². The Balaban J connectivity index is 2.85. The third kappa shape index (κ3) is 3.76. The molecule has 1 aromatic heterocycles. The molecule has 20 heavy (non-hydrogen) atoms. The molecule has 0 bridgehead atoms. The fraction of sp³-hybridized carbons (Fsp3) is 0.417. The van der Waals surface area contributed by atoms with E-state index in [0.717, 1.165) is 6.20 Å². The van der Waals surface area contributed by atoms with Gasteiger partial charge in [0.25, 0.3) is 0 Å². The van der Waals surface area contributed by atoms with E-state index in [-0.39, 0.29) is 23.0 Å². The molecule has 108 valence electrons. The van der Waals surface area contributed by atoms with Crippen molar-refractivity contribution in [1.29, 1.82) is 5.26 Å². The molecular formula is C12H16N4O3S. The molecule has 0 unspecified atom stereocenters. The predicted molar refractivity (Wildman–Crippen MR) is 72.0 cm³/mol. The molecule has 1 amide bonds.